The van der Waals surface area contributed by atoms with Gasteiger partial charge < -0.3 is 9.55 Å². The summed E-state index contributed by atoms with van der Waals surface area (Å²) in [4.78, 5) is 3.41. The van der Waals surface area contributed by atoms with Crippen LogP contribution in [0, 0.1) is 23.5 Å². The molecule has 19 heavy (non-hydrogen) atoms. The van der Waals surface area contributed by atoms with Crippen LogP contribution >= 0.6 is 12.2 Å². The fourth-order valence-corrected chi connectivity index (χ4v) is 3.88. The highest BCUT2D eigenvalue weighted by Gasteiger charge is 2.29. The number of rotatable bonds is 1. The lowest BCUT2D eigenvalue weighted by Crippen LogP contribution is -2.27. The number of benzene rings is 1. The summed E-state index contributed by atoms with van der Waals surface area (Å²) in [5, 5.41) is 0. The number of para-hydroxylation sites is 1. The van der Waals surface area contributed by atoms with Crippen molar-refractivity contribution in [2.75, 3.05) is 0 Å². The molecule has 0 amide bonds. The molecule has 1 saturated carbocycles. The maximum Gasteiger partial charge on any atom is 0.178 e. The van der Waals surface area contributed by atoms with Gasteiger partial charge in [-0.25, -0.2) is 0 Å². The molecule has 1 aliphatic rings. The first-order valence-corrected chi connectivity index (χ1v) is 7.70. The third-order valence-electron chi connectivity index (χ3n) is 4.96. The first-order valence-electron chi connectivity index (χ1n) is 7.29. The van der Waals surface area contributed by atoms with Crippen LogP contribution < -0.4 is 0 Å². The molecule has 102 valence electrons. The molecule has 1 aliphatic carbocycles. The number of hydrogen-bond acceptors (Lipinski definition) is 1. The molecule has 2 nitrogen and oxygen atoms in total. The number of aryl methyl sites for hydroxylation is 1. The second kappa shape index (κ2) is 4.78. The second-order valence-electron chi connectivity index (χ2n) is 6.10. The van der Waals surface area contributed by atoms with Gasteiger partial charge in [-0.15, -0.1) is 0 Å². The largest absolute Gasteiger partial charge is 0.330 e. The van der Waals surface area contributed by atoms with Crippen LogP contribution in [0.25, 0.3) is 11.0 Å². The van der Waals surface area contributed by atoms with Crippen molar-refractivity contribution in [3.05, 3.63) is 28.5 Å². The SMILES string of the molecule is Cc1cccc2c1[nH]c(=S)n2C1CCCC(C)C1C. The summed E-state index contributed by atoms with van der Waals surface area (Å²) in [5.74, 6) is 1.48. The third-order valence-corrected chi connectivity index (χ3v) is 5.26. The van der Waals surface area contributed by atoms with Crippen LogP contribution in [0.2, 0.25) is 0 Å². The lowest BCUT2D eigenvalue weighted by atomic mass is 9.78. The van der Waals surface area contributed by atoms with Crippen LogP contribution in [-0.2, 0) is 0 Å². The van der Waals surface area contributed by atoms with E-state index in [0.29, 0.717) is 12.0 Å². The smallest absolute Gasteiger partial charge is 0.178 e. The van der Waals surface area contributed by atoms with Gasteiger partial charge in [0.25, 0.3) is 0 Å². The lowest BCUT2D eigenvalue weighted by Gasteiger charge is -2.35. The van der Waals surface area contributed by atoms with E-state index in [2.05, 4.69) is 48.5 Å². The molecule has 1 N–H and O–H groups in total. The summed E-state index contributed by atoms with van der Waals surface area (Å²) < 4.78 is 3.26. The van der Waals surface area contributed by atoms with Crippen LogP contribution in [0.15, 0.2) is 18.2 Å². The average Bonchev–Trinajstić information content (AvgIpc) is 2.71. The number of hydrogen-bond donors (Lipinski definition) is 1. The van der Waals surface area contributed by atoms with Gasteiger partial charge in [0.05, 0.1) is 11.0 Å². The van der Waals surface area contributed by atoms with Crippen molar-refractivity contribution < 1.29 is 0 Å². The Hall–Kier alpha value is -1.09. The Bertz CT molecular complexity index is 652. The minimum Gasteiger partial charge on any atom is -0.330 e. The Morgan fingerprint density at radius 3 is 2.84 bits per heavy atom. The predicted octanol–water partition coefficient (Wildman–Crippen LogP) is 5.00. The van der Waals surface area contributed by atoms with Crippen molar-refractivity contribution in [2.45, 2.75) is 46.1 Å². The van der Waals surface area contributed by atoms with E-state index in [1.807, 2.05) is 0 Å². The van der Waals surface area contributed by atoms with Crippen molar-refractivity contribution in [1.29, 1.82) is 0 Å². The number of aromatic amines is 1. The molecule has 2 aromatic rings. The standard InChI is InChI=1S/C16H22N2S/c1-10-6-4-8-13(12(10)3)18-14-9-5-7-11(2)15(14)17-16(18)19/h5,7,9-10,12-13H,4,6,8H2,1-3H3,(H,17,19). The molecule has 3 atom stereocenters. The summed E-state index contributed by atoms with van der Waals surface area (Å²) in [6.45, 7) is 6.90. The summed E-state index contributed by atoms with van der Waals surface area (Å²) in [6, 6.07) is 7.02. The molecular formula is C16H22N2S. The van der Waals surface area contributed by atoms with Gasteiger partial charge in [-0.05, 0) is 49.0 Å². The Morgan fingerprint density at radius 1 is 1.26 bits per heavy atom. The Morgan fingerprint density at radius 2 is 2.05 bits per heavy atom. The van der Waals surface area contributed by atoms with E-state index in [0.717, 1.165) is 10.7 Å². The van der Waals surface area contributed by atoms with Crippen molar-refractivity contribution in [3.8, 4) is 0 Å². The summed E-state index contributed by atoms with van der Waals surface area (Å²) in [7, 11) is 0. The van der Waals surface area contributed by atoms with Crippen LogP contribution in [0.4, 0.5) is 0 Å². The normalized spacial score (nSPS) is 27.8. The zero-order chi connectivity index (χ0) is 13.6. The third kappa shape index (κ3) is 2.04. The van der Waals surface area contributed by atoms with E-state index in [9.17, 15) is 0 Å². The minimum atomic E-state index is 0.548. The highest BCUT2D eigenvalue weighted by Crippen LogP contribution is 2.39. The molecule has 0 radical (unpaired) electrons. The fourth-order valence-electron chi connectivity index (χ4n) is 3.54. The first kappa shape index (κ1) is 12.9. The molecule has 3 unspecified atom stereocenters. The number of nitrogens with one attached hydrogen (secondary N) is 1. The van der Waals surface area contributed by atoms with Crippen molar-refractivity contribution in [3.63, 3.8) is 0 Å². The molecule has 0 spiro atoms. The highest BCUT2D eigenvalue weighted by molar-refractivity contribution is 7.71. The van der Waals surface area contributed by atoms with Gasteiger partial charge in [-0.2, -0.15) is 0 Å². The maximum absolute atomic E-state index is 5.59. The Balaban J connectivity index is 2.17. The van der Waals surface area contributed by atoms with Crippen LogP contribution in [-0.4, -0.2) is 9.55 Å². The minimum absolute atomic E-state index is 0.548. The number of fused-ring (bicyclic) bond motifs is 1. The molecule has 0 aliphatic heterocycles. The van der Waals surface area contributed by atoms with Crippen LogP contribution in [0.5, 0.6) is 0 Å². The molecule has 0 saturated heterocycles. The van der Waals surface area contributed by atoms with E-state index >= 15 is 0 Å². The summed E-state index contributed by atoms with van der Waals surface area (Å²) in [6.07, 6.45) is 3.92. The average molecular weight is 274 g/mol. The zero-order valence-electron chi connectivity index (χ0n) is 11.9. The lowest BCUT2D eigenvalue weighted by molar-refractivity contribution is 0.188. The number of H-pyrrole nitrogens is 1. The second-order valence-corrected chi connectivity index (χ2v) is 6.49. The van der Waals surface area contributed by atoms with Gasteiger partial charge >= 0.3 is 0 Å². The molecule has 3 heteroatoms. The quantitative estimate of drug-likeness (QED) is 0.725. The molecule has 1 aromatic carbocycles. The van der Waals surface area contributed by atoms with E-state index in [1.165, 1.54) is 35.9 Å². The number of imidazole rings is 1. The highest BCUT2D eigenvalue weighted by atomic mass is 32.1. The molecule has 1 heterocycles. The van der Waals surface area contributed by atoms with E-state index in [-0.39, 0.29) is 0 Å². The van der Waals surface area contributed by atoms with Gasteiger partial charge in [0.2, 0.25) is 0 Å². The number of aromatic nitrogens is 2. The van der Waals surface area contributed by atoms with E-state index < -0.39 is 0 Å². The molecule has 1 fully saturated rings. The van der Waals surface area contributed by atoms with Crippen molar-refractivity contribution in [1.82, 2.24) is 9.55 Å². The van der Waals surface area contributed by atoms with Gasteiger partial charge in [0.1, 0.15) is 0 Å². The van der Waals surface area contributed by atoms with Gasteiger partial charge in [-0.3, -0.25) is 0 Å². The van der Waals surface area contributed by atoms with E-state index in [4.69, 9.17) is 12.2 Å². The van der Waals surface area contributed by atoms with Crippen LogP contribution in [0.3, 0.4) is 0 Å². The van der Waals surface area contributed by atoms with Crippen LogP contribution in [0.1, 0.15) is 44.7 Å². The topological polar surface area (TPSA) is 20.7 Å². The first-order chi connectivity index (χ1) is 9.09. The van der Waals surface area contributed by atoms with Gasteiger partial charge in [0.15, 0.2) is 4.77 Å². The van der Waals surface area contributed by atoms with Gasteiger partial charge in [0, 0.05) is 6.04 Å². The molecule has 0 bridgehead atoms. The van der Waals surface area contributed by atoms with Gasteiger partial charge in [-0.1, -0.05) is 38.8 Å². The van der Waals surface area contributed by atoms with Crippen molar-refractivity contribution >= 4 is 23.3 Å². The Labute approximate surface area is 119 Å². The Kier molecular flexibility index (Phi) is 3.25. The molecule has 3 rings (SSSR count). The van der Waals surface area contributed by atoms with Crippen molar-refractivity contribution in [2.24, 2.45) is 11.8 Å². The van der Waals surface area contributed by atoms with E-state index in [1.54, 1.807) is 0 Å². The monoisotopic (exact) mass is 274 g/mol. The maximum atomic E-state index is 5.59. The predicted molar refractivity (Wildman–Crippen MR) is 83.1 cm³/mol. The molecular weight excluding hydrogens is 252 g/mol. The fraction of sp³-hybridized carbons (Fsp3) is 0.562. The summed E-state index contributed by atoms with van der Waals surface area (Å²) in [5.41, 5.74) is 3.76. The zero-order valence-corrected chi connectivity index (χ0v) is 12.8. The molecule has 1 aromatic heterocycles. The number of nitrogens with zero attached hydrogens (tertiary/aromatic N) is 1. The summed E-state index contributed by atoms with van der Waals surface area (Å²) >= 11 is 5.59.